The zero-order chi connectivity index (χ0) is 22.2. The normalized spacial score (nSPS) is 16.1. The fraction of sp³-hybridized carbons (Fsp3) is 0.385. The second kappa shape index (κ2) is 12.7. The highest BCUT2D eigenvalue weighted by atomic mass is 127. The molecule has 1 aliphatic heterocycles. The van der Waals surface area contributed by atoms with E-state index in [1.54, 1.807) is 6.26 Å². The Hall–Kier alpha value is -2.39. The van der Waals surface area contributed by atoms with E-state index in [0.29, 0.717) is 24.5 Å². The maximum atomic E-state index is 5.64. The van der Waals surface area contributed by atoms with Crippen molar-refractivity contribution in [3.8, 4) is 11.5 Å². The average molecular weight is 559 g/mol. The summed E-state index contributed by atoms with van der Waals surface area (Å²) in [5, 5.41) is 6.98. The van der Waals surface area contributed by atoms with Crippen molar-refractivity contribution in [1.29, 1.82) is 0 Å². The first-order valence-electron chi connectivity index (χ1n) is 11.6. The number of hydrogen-bond acceptors (Lipinski definition) is 4. The Morgan fingerprint density at radius 3 is 2.42 bits per heavy atom. The second-order valence-corrected chi connectivity index (χ2v) is 8.25. The van der Waals surface area contributed by atoms with E-state index in [-0.39, 0.29) is 24.0 Å². The van der Waals surface area contributed by atoms with Gasteiger partial charge in [-0.05, 0) is 44.4 Å². The Kier molecular flexibility index (Phi) is 9.75. The molecule has 0 bridgehead atoms. The third-order valence-electron chi connectivity index (χ3n) is 6.02. The molecule has 2 heterocycles. The van der Waals surface area contributed by atoms with Crippen LogP contribution in [0.4, 0.5) is 0 Å². The third kappa shape index (κ3) is 7.04. The monoisotopic (exact) mass is 559 g/mol. The highest BCUT2D eigenvalue weighted by Crippen LogP contribution is 2.24. The van der Waals surface area contributed by atoms with Crippen LogP contribution >= 0.6 is 24.0 Å². The molecule has 0 amide bonds. The molecule has 4 rings (SSSR count). The number of nitrogens with zero attached hydrogens (tertiary/aromatic N) is 3. The fourth-order valence-electron chi connectivity index (χ4n) is 4.14. The van der Waals surface area contributed by atoms with E-state index < -0.39 is 0 Å². The smallest absolute Gasteiger partial charge is 0.226 e. The van der Waals surface area contributed by atoms with Gasteiger partial charge in [0.25, 0.3) is 0 Å². The van der Waals surface area contributed by atoms with Gasteiger partial charge < -0.3 is 15.1 Å². The first-order valence-corrected chi connectivity index (χ1v) is 11.6. The van der Waals surface area contributed by atoms with Gasteiger partial charge >= 0.3 is 0 Å². The fourth-order valence-corrected chi connectivity index (χ4v) is 4.14. The first-order chi connectivity index (χ1) is 15.7. The molecule has 0 radical (unpaired) electrons. The number of oxazole rings is 1. The lowest BCUT2D eigenvalue weighted by Gasteiger charge is -2.37. The SMILES string of the molecule is CCNC(=NCc1coc(-c2ccccc2)n1)NC1CCN(C(C)c2ccccc2)CC1.I. The molecule has 1 aromatic heterocycles. The topological polar surface area (TPSA) is 65.7 Å². The molecule has 1 saturated heterocycles. The largest absolute Gasteiger partial charge is 0.444 e. The van der Waals surface area contributed by atoms with Gasteiger partial charge in [-0.3, -0.25) is 4.90 Å². The van der Waals surface area contributed by atoms with E-state index in [2.05, 4.69) is 64.7 Å². The number of piperidine rings is 1. The van der Waals surface area contributed by atoms with Crippen LogP contribution < -0.4 is 10.6 Å². The van der Waals surface area contributed by atoms with Crippen molar-refractivity contribution < 1.29 is 4.42 Å². The van der Waals surface area contributed by atoms with Crippen LogP contribution in [0.3, 0.4) is 0 Å². The summed E-state index contributed by atoms with van der Waals surface area (Å²) < 4.78 is 5.64. The summed E-state index contributed by atoms with van der Waals surface area (Å²) in [6, 6.07) is 21.6. The van der Waals surface area contributed by atoms with Crippen LogP contribution in [-0.4, -0.2) is 41.5 Å². The number of rotatable bonds is 7. The molecule has 0 saturated carbocycles. The minimum atomic E-state index is 0. The Balaban J connectivity index is 0.00000306. The molecule has 1 fully saturated rings. The van der Waals surface area contributed by atoms with Gasteiger partial charge in [-0.1, -0.05) is 48.5 Å². The number of aliphatic imine (C=N–C) groups is 1. The summed E-state index contributed by atoms with van der Waals surface area (Å²) >= 11 is 0. The lowest BCUT2D eigenvalue weighted by Crippen LogP contribution is -2.49. The van der Waals surface area contributed by atoms with Crippen LogP contribution in [0.5, 0.6) is 0 Å². The molecule has 176 valence electrons. The Morgan fingerprint density at radius 2 is 1.76 bits per heavy atom. The number of hydrogen-bond donors (Lipinski definition) is 2. The van der Waals surface area contributed by atoms with Gasteiger partial charge in [0.05, 0.1) is 6.54 Å². The molecule has 7 heteroatoms. The molecule has 1 unspecified atom stereocenters. The molecule has 1 aliphatic rings. The van der Waals surface area contributed by atoms with Crippen LogP contribution in [0.1, 0.15) is 44.0 Å². The van der Waals surface area contributed by atoms with Crippen LogP contribution in [0.2, 0.25) is 0 Å². The van der Waals surface area contributed by atoms with Gasteiger partial charge in [0.15, 0.2) is 5.96 Å². The van der Waals surface area contributed by atoms with E-state index >= 15 is 0 Å². The molecule has 0 spiro atoms. The van der Waals surface area contributed by atoms with E-state index in [0.717, 1.165) is 49.7 Å². The summed E-state index contributed by atoms with van der Waals surface area (Å²) in [5.74, 6) is 1.47. The molecule has 33 heavy (non-hydrogen) atoms. The maximum Gasteiger partial charge on any atom is 0.226 e. The Labute approximate surface area is 213 Å². The van der Waals surface area contributed by atoms with Gasteiger partial charge in [0.2, 0.25) is 5.89 Å². The Morgan fingerprint density at radius 1 is 1.09 bits per heavy atom. The highest BCUT2D eigenvalue weighted by molar-refractivity contribution is 14.0. The minimum Gasteiger partial charge on any atom is -0.444 e. The van der Waals surface area contributed by atoms with Crippen molar-refractivity contribution in [1.82, 2.24) is 20.5 Å². The maximum absolute atomic E-state index is 5.64. The van der Waals surface area contributed by atoms with Gasteiger partial charge in [-0.15, -0.1) is 24.0 Å². The summed E-state index contributed by atoms with van der Waals surface area (Å²) in [5.41, 5.74) is 3.19. The van der Waals surface area contributed by atoms with Crippen molar-refractivity contribution in [2.45, 2.75) is 45.3 Å². The summed E-state index contributed by atoms with van der Waals surface area (Å²) in [7, 11) is 0. The molecular formula is C26H34IN5O. The predicted molar refractivity (Wildman–Crippen MR) is 145 cm³/mol. The van der Waals surface area contributed by atoms with E-state index in [9.17, 15) is 0 Å². The molecule has 3 aromatic rings. The van der Waals surface area contributed by atoms with Gasteiger partial charge in [-0.2, -0.15) is 0 Å². The van der Waals surface area contributed by atoms with Crippen molar-refractivity contribution in [3.63, 3.8) is 0 Å². The van der Waals surface area contributed by atoms with E-state index in [1.165, 1.54) is 5.56 Å². The van der Waals surface area contributed by atoms with E-state index in [1.807, 2.05) is 30.3 Å². The molecule has 6 nitrogen and oxygen atoms in total. The number of guanidine groups is 1. The van der Waals surface area contributed by atoms with Crippen LogP contribution in [-0.2, 0) is 6.54 Å². The predicted octanol–water partition coefficient (Wildman–Crippen LogP) is 5.24. The van der Waals surface area contributed by atoms with Gasteiger partial charge in [0, 0.05) is 37.3 Å². The summed E-state index contributed by atoms with van der Waals surface area (Å²) in [6.07, 6.45) is 3.90. The quantitative estimate of drug-likeness (QED) is 0.236. The minimum absolute atomic E-state index is 0. The standard InChI is InChI=1S/C26H33N5O.HI/c1-3-27-26(28-18-24-19-32-25(29-24)22-12-8-5-9-13-22)30-23-14-16-31(17-15-23)20(2)21-10-6-4-7-11-21;/h4-13,19-20,23H,3,14-18H2,1-2H3,(H2,27,28,30);1H. The molecule has 2 N–H and O–H groups in total. The van der Waals surface area contributed by atoms with E-state index in [4.69, 9.17) is 9.41 Å². The number of aromatic nitrogens is 1. The number of halogens is 1. The number of likely N-dealkylation sites (tertiary alicyclic amines) is 1. The molecule has 0 aliphatic carbocycles. The highest BCUT2D eigenvalue weighted by Gasteiger charge is 2.24. The van der Waals surface area contributed by atoms with Crippen molar-refractivity contribution in [3.05, 3.63) is 78.2 Å². The number of benzene rings is 2. The second-order valence-electron chi connectivity index (χ2n) is 8.25. The van der Waals surface area contributed by atoms with Crippen molar-refractivity contribution in [2.24, 2.45) is 4.99 Å². The lowest BCUT2D eigenvalue weighted by molar-refractivity contribution is 0.158. The van der Waals surface area contributed by atoms with Gasteiger partial charge in [0.1, 0.15) is 12.0 Å². The third-order valence-corrected chi connectivity index (χ3v) is 6.02. The summed E-state index contributed by atoms with van der Waals surface area (Å²) in [6.45, 7) is 7.86. The van der Waals surface area contributed by atoms with Crippen LogP contribution in [0.15, 0.2) is 76.3 Å². The average Bonchev–Trinajstić information content (AvgIpc) is 3.33. The summed E-state index contributed by atoms with van der Waals surface area (Å²) in [4.78, 5) is 11.9. The molecule has 1 atom stereocenters. The van der Waals surface area contributed by atoms with Crippen molar-refractivity contribution in [2.75, 3.05) is 19.6 Å². The zero-order valence-corrected chi connectivity index (χ0v) is 21.7. The van der Waals surface area contributed by atoms with Crippen molar-refractivity contribution >= 4 is 29.9 Å². The first kappa shape index (κ1) is 25.2. The lowest BCUT2D eigenvalue weighted by atomic mass is 10.0. The molecular weight excluding hydrogens is 525 g/mol. The van der Waals surface area contributed by atoms with Crippen LogP contribution in [0, 0.1) is 0 Å². The number of nitrogens with one attached hydrogen (secondary N) is 2. The van der Waals surface area contributed by atoms with Gasteiger partial charge in [-0.25, -0.2) is 9.98 Å². The molecule has 2 aromatic carbocycles. The zero-order valence-electron chi connectivity index (χ0n) is 19.4. The van der Waals surface area contributed by atoms with Crippen LogP contribution in [0.25, 0.3) is 11.5 Å². The Bertz CT molecular complexity index is 984.